The zero-order valence-corrected chi connectivity index (χ0v) is 15.5. The molecule has 144 valence electrons. The summed E-state index contributed by atoms with van der Waals surface area (Å²) >= 11 is 5.86. The van der Waals surface area contributed by atoms with E-state index in [1.165, 1.54) is 12.4 Å². The molecule has 7 nitrogen and oxygen atoms in total. The van der Waals surface area contributed by atoms with Crippen molar-refractivity contribution >= 4 is 29.1 Å². The highest BCUT2D eigenvalue weighted by Crippen LogP contribution is 2.18. The van der Waals surface area contributed by atoms with E-state index < -0.39 is 11.7 Å². The number of para-hydroxylation sites is 1. The molecule has 1 heterocycles. The Labute approximate surface area is 165 Å². The highest BCUT2D eigenvalue weighted by molar-refractivity contribution is 6.33. The van der Waals surface area contributed by atoms with E-state index in [2.05, 4.69) is 20.7 Å². The fraction of sp³-hybridized carbons (Fsp3) is 0.158. The van der Waals surface area contributed by atoms with Crippen LogP contribution in [-0.4, -0.2) is 33.1 Å². The zero-order valence-electron chi connectivity index (χ0n) is 14.7. The summed E-state index contributed by atoms with van der Waals surface area (Å²) in [7, 11) is 0. The minimum Gasteiger partial charge on any atom is -0.351 e. The number of carbonyl (C=O) groups is 2. The van der Waals surface area contributed by atoms with Crippen LogP contribution in [0.1, 0.15) is 22.3 Å². The molecule has 2 N–H and O–H groups in total. The molecule has 0 saturated carbocycles. The standard InChI is InChI=1S/C19H17ClFN5O2/c20-16-9-14(21)5-6-15(16)19(28)23-8-7-18(27)25-17-4-2-1-3-13(17)10-26-12-22-11-24-26/h1-6,9,11-12H,7-8,10H2,(H,23,28)(H,25,27). The molecule has 3 rings (SSSR count). The zero-order chi connectivity index (χ0) is 19.9. The van der Waals surface area contributed by atoms with Gasteiger partial charge in [0.25, 0.3) is 5.91 Å². The van der Waals surface area contributed by atoms with Crippen LogP contribution in [0.2, 0.25) is 5.02 Å². The minimum atomic E-state index is -0.523. The Bertz CT molecular complexity index is 978. The quantitative estimate of drug-likeness (QED) is 0.637. The minimum absolute atomic E-state index is 0.0176. The lowest BCUT2D eigenvalue weighted by Gasteiger charge is -2.11. The predicted octanol–water partition coefficient (Wildman–Crippen LogP) is 2.88. The Balaban J connectivity index is 1.53. The maximum atomic E-state index is 13.0. The summed E-state index contributed by atoms with van der Waals surface area (Å²) in [5, 5.41) is 9.50. The number of rotatable bonds is 7. The Hall–Kier alpha value is -3.26. The fourth-order valence-corrected chi connectivity index (χ4v) is 2.79. The molecular weight excluding hydrogens is 385 g/mol. The van der Waals surface area contributed by atoms with Gasteiger partial charge < -0.3 is 10.6 Å². The molecule has 0 bridgehead atoms. The predicted molar refractivity (Wildman–Crippen MR) is 103 cm³/mol. The molecule has 3 aromatic rings. The number of aromatic nitrogens is 3. The van der Waals surface area contributed by atoms with Gasteiger partial charge in [-0.25, -0.2) is 14.1 Å². The molecule has 0 saturated heterocycles. The first-order chi connectivity index (χ1) is 13.5. The lowest BCUT2D eigenvalue weighted by Crippen LogP contribution is -2.28. The lowest BCUT2D eigenvalue weighted by molar-refractivity contribution is -0.116. The third kappa shape index (κ3) is 5.14. The number of nitrogens with zero attached hydrogens (tertiary/aromatic N) is 3. The van der Waals surface area contributed by atoms with Crippen LogP contribution in [0.5, 0.6) is 0 Å². The van der Waals surface area contributed by atoms with Gasteiger partial charge in [-0.3, -0.25) is 9.59 Å². The summed E-state index contributed by atoms with van der Waals surface area (Å²) in [5.74, 6) is -1.24. The van der Waals surface area contributed by atoms with Gasteiger partial charge in [-0.05, 0) is 29.8 Å². The molecule has 2 amide bonds. The summed E-state index contributed by atoms with van der Waals surface area (Å²) in [6.07, 6.45) is 3.11. The van der Waals surface area contributed by atoms with Crippen LogP contribution in [0, 0.1) is 5.82 Å². The summed E-state index contributed by atoms with van der Waals surface area (Å²) < 4.78 is 14.7. The molecule has 0 fully saturated rings. The SMILES string of the molecule is O=C(CCNC(=O)c1ccc(F)cc1Cl)Nc1ccccc1Cn1cncn1. The van der Waals surface area contributed by atoms with Gasteiger partial charge in [0, 0.05) is 18.7 Å². The van der Waals surface area contributed by atoms with Crippen molar-refractivity contribution in [2.75, 3.05) is 11.9 Å². The van der Waals surface area contributed by atoms with Gasteiger partial charge in [0.2, 0.25) is 5.91 Å². The van der Waals surface area contributed by atoms with Gasteiger partial charge in [0.15, 0.2) is 0 Å². The van der Waals surface area contributed by atoms with Crippen molar-refractivity contribution in [1.82, 2.24) is 20.1 Å². The molecule has 0 unspecified atom stereocenters. The molecule has 28 heavy (non-hydrogen) atoms. The van der Waals surface area contributed by atoms with E-state index in [1.54, 1.807) is 17.1 Å². The average Bonchev–Trinajstić information content (AvgIpc) is 3.16. The largest absolute Gasteiger partial charge is 0.351 e. The number of benzene rings is 2. The summed E-state index contributed by atoms with van der Waals surface area (Å²) in [5.41, 5.74) is 1.70. The highest BCUT2D eigenvalue weighted by atomic mass is 35.5. The first-order valence-electron chi connectivity index (χ1n) is 8.46. The summed E-state index contributed by atoms with van der Waals surface area (Å²) in [6, 6.07) is 10.9. The monoisotopic (exact) mass is 401 g/mol. The van der Waals surface area contributed by atoms with Gasteiger partial charge in [-0.2, -0.15) is 5.10 Å². The van der Waals surface area contributed by atoms with Crippen molar-refractivity contribution in [2.45, 2.75) is 13.0 Å². The first-order valence-corrected chi connectivity index (χ1v) is 8.84. The van der Waals surface area contributed by atoms with E-state index in [0.29, 0.717) is 12.2 Å². The van der Waals surface area contributed by atoms with Crippen LogP contribution in [0.3, 0.4) is 0 Å². The van der Waals surface area contributed by atoms with E-state index in [-0.39, 0.29) is 29.5 Å². The number of nitrogens with one attached hydrogen (secondary N) is 2. The number of hydrogen-bond acceptors (Lipinski definition) is 4. The van der Waals surface area contributed by atoms with E-state index in [1.807, 2.05) is 18.2 Å². The molecule has 2 aromatic carbocycles. The number of anilines is 1. The smallest absolute Gasteiger partial charge is 0.252 e. The second-order valence-corrected chi connectivity index (χ2v) is 6.34. The van der Waals surface area contributed by atoms with Crippen molar-refractivity contribution < 1.29 is 14.0 Å². The van der Waals surface area contributed by atoms with Gasteiger partial charge in [0.05, 0.1) is 17.1 Å². The Morgan fingerprint density at radius 2 is 2.00 bits per heavy atom. The molecule has 0 aliphatic carbocycles. The first kappa shape index (κ1) is 19.5. The summed E-state index contributed by atoms with van der Waals surface area (Å²) in [6.45, 7) is 0.583. The van der Waals surface area contributed by atoms with Crippen LogP contribution in [0.15, 0.2) is 55.1 Å². The number of amides is 2. The van der Waals surface area contributed by atoms with Crippen LogP contribution >= 0.6 is 11.6 Å². The van der Waals surface area contributed by atoms with Crippen molar-refractivity contribution in [3.63, 3.8) is 0 Å². The Kier molecular flexibility index (Phi) is 6.33. The van der Waals surface area contributed by atoms with E-state index in [4.69, 9.17) is 11.6 Å². The van der Waals surface area contributed by atoms with Gasteiger partial charge in [-0.1, -0.05) is 29.8 Å². The van der Waals surface area contributed by atoms with Crippen molar-refractivity contribution in [2.24, 2.45) is 0 Å². The average molecular weight is 402 g/mol. The molecule has 0 atom stereocenters. The fourth-order valence-electron chi connectivity index (χ4n) is 2.54. The van der Waals surface area contributed by atoms with Gasteiger partial charge in [-0.15, -0.1) is 0 Å². The van der Waals surface area contributed by atoms with Crippen LogP contribution in [0.4, 0.5) is 10.1 Å². The Morgan fingerprint density at radius 3 is 2.75 bits per heavy atom. The third-order valence-electron chi connectivity index (χ3n) is 3.90. The molecule has 0 radical (unpaired) electrons. The second kappa shape index (κ2) is 9.09. The number of halogens is 2. The van der Waals surface area contributed by atoms with Crippen LogP contribution in [0.25, 0.3) is 0 Å². The lowest BCUT2D eigenvalue weighted by atomic mass is 10.1. The van der Waals surface area contributed by atoms with E-state index in [9.17, 15) is 14.0 Å². The molecule has 9 heteroatoms. The topological polar surface area (TPSA) is 88.9 Å². The van der Waals surface area contributed by atoms with Crippen molar-refractivity contribution in [3.05, 3.63) is 77.1 Å². The molecule has 0 spiro atoms. The van der Waals surface area contributed by atoms with Crippen LogP contribution in [-0.2, 0) is 11.3 Å². The van der Waals surface area contributed by atoms with Gasteiger partial charge >= 0.3 is 0 Å². The van der Waals surface area contributed by atoms with Gasteiger partial charge in [0.1, 0.15) is 18.5 Å². The maximum absolute atomic E-state index is 13.0. The summed E-state index contributed by atoms with van der Waals surface area (Å²) in [4.78, 5) is 28.2. The maximum Gasteiger partial charge on any atom is 0.252 e. The van der Waals surface area contributed by atoms with Crippen molar-refractivity contribution in [1.29, 1.82) is 0 Å². The highest BCUT2D eigenvalue weighted by Gasteiger charge is 2.12. The Morgan fingerprint density at radius 1 is 1.18 bits per heavy atom. The third-order valence-corrected chi connectivity index (χ3v) is 4.22. The number of hydrogen-bond donors (Lipinski definition) is 2. The molecular formula is C19H17ClFN5O2. The normalized spacial score (nSPS) is 10.5. The molecule has 0 aliphatic rings. The number of carbonyl (C=O) groups excluding carboxylic acids is 2. The van der Waals surface area contributed by atoms with Crippen LogP contribution < -0.4 is 10.6 Å². The van der Waals surface area contributed by atoms with E-state index >= 15 is 0 Å². The van der Waals surface area contributed by atoms with Crippen molar-refractivity contribution in [3.8, 4) is 0 Å². The second-order valence-electron chi connectivity index (χ2n) is 5.93. The molecule has 1 aromatic heterocycles. The molecule has 0 aliphatic heterocycles. The van der Waals surface area contributed by atoms with E-state index in [0.717, 1.165) is 17.7 Å².